The molecule has 9 aromatic carbocycles. The van der Waals surface area contributed by atoms with E-state index < -0.39 is 0 Å². The van der Waals surface area contributed by atoms with E-state index in [-0.39, 0.29) is 32.5 Å². The van der Waals surface area contributed by atoms with Gasteiger partial charge in [0.25, 0.3) is 0 Å². The van der Waals surface area contributed by atoms with Gasteiger partial charge in [-0.05, 0) is 237 Å². The zero-order chi connectivity index (χ0) is 71.5. The molecule has 15 rings (SSSR count). The zero-order valence-electron chi connectivity index (χ0n) is 65.4. The van der Waals surface area contributed by atoms with Crippen molar-refractivity contribution in [1.29, 1.82) is 0 Å². The van der Waals surface area contributed by atoms with Crippen LogP contribution in [0, 0.1) is 0 Å². The van der Waals surface area contributed by atoms with Crippen molar-refractivity contribution in [3.05, 3.63) is 239 Å². The average Bonchev–Trinajstić information content (AvgIpc) is 1.50. The highest BCUT2D eigenvalue weighted by molar-refractivity contribution is 5.96. The third-order valence-electron chi connectivity index (χ3n) is 27.7. The fourth-order valence-electron chi connectivity index (χ4n) is 22.3. The molecule has 2 heteroatoms. The van der Waals surface area contributed by atoms with Crippen molar-refractivity contribution in [2.24, 2.45) is 0 Å². The van der Waals surface area contributed by atoms with Crippen LogP contribution in [-0.2, 0) is 32.5 Å². The second kappa shape index (κ2) is 30.8. The van der Waals surface area contributed by atoms with Crippen molar-refractivity contribution in [3.63, 3.8) is 0 Å². The second-order valence-electron chi connectivity index (χ2n) is 35.1. The number of fused-ring (bicyclic) bond motifs is 16. The molecule has 0 aliphatic heterocycles. The largest absolute Gasteiger partial charge is 0.310 e. The minimum Gasteiger partial charge on any atom is -0.310 e. The SMILES string of the molecule is CCCCCCCCC1(CCCCCCCC)c2cc(N(c3ccccc3)c3ccccc3-c3ccc4c(c3)C3(C)CCC4(C)C3)ccc2-c2cc3c(cc21)-c1ccc(N(c2ccccc2)c2ccccc2-c2ccc4c(c2)C2(C)CCC4(C)C2)cc1C3(CCCCCCCC)CCCCCCCC. The van der Waals surface area contributed by atoms with Gasteiger partial charge in [-0.2, -0.15) is 0 Å². The smallest absolute Gasteiger partial charge is 0.0540 e. The number of hydrogen-bond acceptors (Lipinski definition) is 2. The summed E-state index contributed by atoms with van der Waals surface area (Å²) in [5.74, 6) is 0. The molecular formula is C102H124N2. The average molecular weight is 1380 g/mol. The molecule has 2 nitrogen and oxygen atoms in total. The molecular weight excluding hydrogens is 1250 g/mol. The Morgan fingerprint density at radius 1 is 0.240 bits per heavy atom. The van der Waals surface area contributed by atoms with Crippen molar-refractivity contribution in [2.75, 3.05) is 9.80 Å². The standard InChI is InChI=1S/C102H124N2/c1-9-13-17-21-25-39-59-101(60-40-26-22-18-14-10-2)89-69-79(103(77-43-31-29-32-44-77)95-49-37-35-47-81(95)75-51-57-87-93(67-75)99(7)65-63-97(87,5)73-99)53-55-83(89)85-72-92-86(71-91(85)101)84-56-54-80(70-90(84)102(92,61-41-27-23-19-15-11-3)62-42-28-24-20-16-12-4)104(78-45-33-30-34-46-78)96-50-38-36-48-82(96)76-52-58-88-94(68-76)100(8)66-64-98(88,6)74-100/h29-38,43-58,67-72H,9-28,39-42,59-66,73-74H2,1-8H3. The first-order valence-electron chi connectivity index (χ1n) is 42.5. The number of para-hydroxylation sites is 4. The van der Waals surface area contributed by atoms with Crippen LogP contribution in [0.4, 0.5) is 34.1 Å². The summed E-state index contributed by atoms with van der Waals surface area (Å²) in [6.07, 6.45) is 43.5. The molecule has 4 bridgehead atoms. The Bertz CT molecular complexity index is 4140. The lowest BCUT2D eigenvalue weighted by atomic mass is 9.68. The maximum atomic E-state index is 2.89. The van der Waals surface area contributed by atoms with Crippen LogP contribution in [0.3, 0.4) is 0 Å². The number of nitrogens with zero attached hydrogens (tertiary/aromatic N) is 2. The maximum Gasteiger partial charge on any atom is 0.0540 e. The van der Waals surface area contributed by atoms with Crippen LogP contribution in [0.25, 0.3) is 44.5 Å². The summed E-state index contributed by atoms with van der Waals surface area (Å²) in [7, 11) is 0. The topological polar surface area (TPSA) is 6.48 Å². The van der Waals surface area contributed by atoms with E-state index in [4.69, 9.17) is 0 Å². The second-order valence-corrected chi connectivity index (χ2v) is 35.1. The van der Waals surface area contributed by atoms with E-state index in [1.54, 1.807) is 44.5 Å². The molecule has 0 N–H and O–H groups in total. The molecule has 2 saturated carbocycles. The number of hydrogen-bond donors (Lipinski definition) is 0. The van der Waals surface area contributed by atoms with E-state index in [1.165, 1.54) is 297 Å². The van der Waals surface area contributed by atoms with Crippen molar-refractivity contribution < 1.29 is 0 Å². The molecule has 6 aliphatic rings. The molecule has 9 aromatic rings. The minimum atomic E-state index is -0.151. The first-order valence-corrected chi connectivity index (χ1v) is 42.5. The highest BCUT2D eigenvalue weighted by Gasteiger charge is 2.55. The molecule has 0 saturated heterocycles. The molecule has 4 atom stereocenters. The number of rotatable bonds is 36. The molecule has 104 heavy (non-hydrogen) atoms. The molecule has 0 aromatic heterocycles. The summed E-state index contributed by atoms with van der Waals surface area (Å²) in [6, 6.07) is 78.5. The highest BCUT2D eigenvalue weighted by Crippen LogP contribution is 2.65. The molecule has 0 heterocycles. The van der Waals surface area contributed by atoms with Crippen LogP contribution in [0.15, 0.2) is 194 Å². The normalized spacial score (nSPS) is 20.7. The van der Waals surface area contributed by atoms with Crippen LogP contribution in [0.1, 0.15) is 318 Å². The number of unbranched alkanes of at least 4 members (excludes halogenated alkanes) is 20. The Kier molecular flexibility index (Phi) is 21.4. The predicted molar refractivity (Wildman–Crippen MR) is 448 cm³/mol. The van der Waals surface area contributed by atoms with E-state index in [2.05, 4.69) is 259 Å². The Balaban J connectivity index is 0.913. The van der Waals surface area contributed by atoms with Gasteiger partial charge in [0.2, 0.25) is 0 Å². The van der Waals surface area contributed by atoms with E-state index in [0.717, 1.165) is 0 Å². The Hall–Kier alpha value is -7.42. The lowest BCUT2D eigenvalue weighted by molar-refractivity contribution is 0.394. The van der Waals surface area contributed by atoms with Gasteiger partial charge in [0, 0.05) is 44.7 Å². The number of anilines is 6. The maximum absolute atomic E-state index is 2.89. The van der Waals surface area contributed by atoms with Gasteiger partial charge in [-0.15, -0.1) is 0 Å². The summed E-state index contributed by atoms with van der Waals surface area (Å²) in [4.78, 5) is 5.29. The highest BCUT2D eigenvalue weighted by atomic mass is 15.2. The van der Waals surface area contributed by atoms with Crippen LogP contribution >= 0.6 is 0 Å². The third kappa shape index (κ3) is 13.4. The van der Waals surface area contributed by atoms with Crippen LogP contribution in [0.5, 0.6) is 0 Å². The van der Waals surface area contributed by atoms with Gasteiger partial charge < -0.3 is 9.80 Å². The van der Waals surface area contributed by atoms with E-state index in [1.807, 2.05) is 0 Å². The van der Waals surface area contributed by atoms with Crippen LogP contribution in [0.2, 0.25) is 0 Å². The summed E-state index contributed by atoms with van der Waals surface area (Å²) in [6.45, 7) is 19.7. The fraction of sp³-hybridized carbons (Fsp3) is 0.471. The molecule has 0 spiro atoms. The summed E-state index contributed by atoms with van der Waals surface area (Å²) >= 11 is 0. The van der Waals surface area contributed by atoms with Gasteiger partial charge in [0.05, 0.1) is 11.4 Å². The first-order chi connectivity index (χ1) is 50.8. The van der Waals surface area contributed by atoms with Gasteiger partial charge in [0.15, 0.2) is 0 Å². The van der Waals surface area contributed by atoms with Crippen molar-refractivity contribution in [2.45, 2.75) is 306 Å². The molecule has 0 radical (unpaired) electrons. The molecule has 542 valence electrons. The van der Waals surface area contributed by atoms with Crippen molar-refractivity contribution in [1.82, 2.24) is 0 Å². The fourth-order valence-corrected chi connectivity index (χ4v) is 22.3. The number of benzene rings is 9. The van der Waals surface area contributed by atoms with E-state index in [9.17, 15) is 0 Å². The molecule has 2 fully saturated rings. The summed E-state index contributed by atoms with van der Waals surface area (Å²) < 4.78 is 0. The molecule has 6 aliphatic carbocycles. The monoisotopic (exact) mass is 1380 g/mol. The third-order valence-corrected chi connectivity index (χ3v) is 27.7. The van der Waals surface area contributed by atoms with Gasteiger partial charge in [0.1, 0.15) is 0 Å². The van der Waals surface area contributed by atoms with Gasteiger partial charge in [-0.25, -0.2) is 0 Å². The first kappa shape index (κ1) is 72.2. The van der Waals surface area contributed by atoms with Gasteiger partial charge in [-0.1, -0.05) is 331 Å². The Morgan fingerprint density at radius 3 is 0.904 bits per heavy atom. The van der Waals surface area contributed by atoms with Crippen LogP contribution < -0.4 is 9.80 Å². The Morgan fingerprint density at radius 2 is 0.548 bits per heavy atom. The lowest BCUT2D eigenvalue weighted by Crippen LogP contribution is -2.27. The van der Waals surface area contributed by atoms with Crippen molar-refractivity contribution in [3.8, 4) is 44.5 Å². The van der Waals surface area contributed by atoms with Crippen molar-refractivity contribution >= 4 is 34.1 Å². The van der Waals surface area contributed by atoms with E-state index in [0.29, 0.717) is 0 Å². The summed E-state index contributed by atoms with van der Waals surface area (Å²) in [5.41, 5.74) is 32.3. The summed E-state index contributed by atoms with van der Waals surface area (Å²) in [5, 5.41) is 0. The molecule has 0 amide bonds. The molecule has 4 unspecified atom stereocenters. The Labute approximate surface area is 629 Å². The quantitative estimate of drug-likeness (QED) is 0.0361. The van der Waals surface area contributed by atoms with E-state index >= 15 is 0 Å². The van der Waals surface area contributed by atoms with Gasteiger partial charge in [-0.3, -0.25) is 0 Å². The zero-order valence-corrected chi connectivity index (χ0v) is 65.4. The minimum absolute atomic E-state index is 0.151. The van der Waals surface area contributed by atoms with Crippen LogP contribution in [-0.4, -0.2) is 0 Å². The lowest BCUT2D eigenvalue weighted by Gasteiger charge is -2.36. The predicted octanol–water partition coefficient (Wildman–Crippen LogP) is 30.9. The van der Waals surface area contributed by atoms with Gasteiger partial charge >= 0.3 is 0 Å².